The largest absolute Gasteiger partial charge is 0.321 e. The van der Waals surface area contributed by atoms with Gasteiger partial charge in [-0.3, -0.25) is 4.79 Å². The first kappa shape index (κ1) is 14.9. The molecular formula is C15H10Cl3NO. The van der Waals surface area contributed by atoms with E-state index in [4.69, 9.17) is 34.8 Å². The van der Waals surface area contributed by atoms with Crippen LogP contribution in [0.15, 0.2) is 48.5 Å². The highest BCUT2D eigenvalue weighted by atomic mass is 35.5. The second kappa shape index (κ2) is 6.80. The molecule has 0 aliphatic rings. The summed E-state index contributed by atoms with van der Waals surface area (Å²) in [6.07, 6.45) is 3.07. The second-order valence-electron chi connectivity index (χ2n) is 4.00. The summed E-state index contributed by atoms with van der Waals surface area (Å²) >= 11 is 17.7. The smallest absolute Gasteiger partial charge is 0.248 e. The molecule has 2 rings (SSSR count). The fourth-order valence-electron chi connectivity index (χ4n) is 1.55. The van der Waals surface area contributed by atoms with E-state index in [1.54, 1.807) is 36.4 Å². The Morgan fingerprint density at radius 3 is 2.50 bits per heavy atom. The Labute approximate surface area is 132 Å². The lowest BCUT2D eigenvalue weighted by Gasteiger charge is -2.05. The Bertz CT molecular complexity index is 668. The van der Waals surface area contributed by atoms with Crippen molar-refractivity contribution in [3.63, 3.8) is 0 Å². The third kappa shape index (κ3) is 4.27. The lowest BCUT2D eigenvalue weighted by Crippen LogP contribution is -2.08. The first-order valence-electron chi connectivity index (χ1n) is 5.74. The fourth-order valence-corrected chi connectivity index (χ4v) is 2.09. The molecule has 2 nitrogen and oxygen atoms in total. The van der Waals surface area contributed by atoms with E-state index in [0.29, 0.717) is 20.8 Å². The van der Waals surface area contributed by atoms with Crippen molar-refractivity contribution >= 4 is 52.5 Å². The van der Waals surface area contributed by atoms with Crippen molar-refractivity contribution in [1.82, 2.24) is 0 Å². The molecule has 0 radical (unpaired) electrons. The highest BCUT2D eigenvalue weighted by molar-refractivity contribution is 6.35. The van der Waals surface area contributed by atoms with Gasteiger partial charge in [-0.25, -0.2) is 0 Å². The predicted molar refractivity (Wildman–Crippen MR) is 85.6 cm³/mol. The van der Waals surface area contributed by atoms with Crippen LogP contribution in [0.25, 0.3) is 6.08 Å². The molecule has 1 amide bonds. The minimum Gasteiger partial charge on any atom is -0.321 e. The molecule has 0 fully saturated rings. The molecule has 2 aromatic rings. The summed E-state index contributed by atoms with van der Waals surface area (Å²) in [5.41, 5.74) is 1.31. The number of carbonyl (C=O) groups excluding carboxylic acids is 1. The SMILES string of the molecule is O=C(C=Cc1cccc(Cl)c1)Nc1cc(Cl)ccc1Cl. The molecule has 0 aromatic heterocycles. The Balaban J connectivity index is 2.07. The summed E-state index contributed by atoms with van der Waals surface area (Å²) in [7, 11) is 0. The maximum absolute atomic E-state index is 11.8. The molecule has 1 N–H and O–H groups in total. The van der Waals surface area contributed by atoms with E-state index in [1.807, 2.05) is 12.1 Å². The van der Waals surface area contributed by atoms with Crippen molar-refractivity contribution in [1.29, 1.82) is 0 Å². The molecule has 0 spiro atoms. The zero-order valence-electron chi connectivity index (χ0n) is 10.2. The standard InChI is InChI=1S/C15H10Cl3NO/c16-11-3-1-2-10(8-11)4-7-15(20)19-14-9-12(17)5-6-13(14)18/h1-9H,(H,19,20). The Hall–Kier alpha value is -1.48. The Morgan fingerprint density at radius 2 is 1.75 bits per heavy atom. The van der Waals surface area contributed by atoms with Crippen LogP contribution < -0.4 is 5.32 Å². The maximum atomic E-state index is 11.8. The van der Waals surface area contributed by atoms with Crippen LogP contribution in [-0.2, 0) is 4.79 Å². The maximum Gasteiger partial charge on any atom is 0.248 e. The van der Waals surface area contributed by atoms with Crippen LogP contribution in [0.5, 0.6) is 0 Å². The van der Waals surface area contributed by atoms with Gasteiger partial charge in [-0.15, -0.1) is 0 Å². The minimum absolute atomic E-state index is 0.297. The van der Waals surface area contributed by atoms with E-state index in [1.165, 1.54) is 6.08 Å². The summed E-state index contributed by atoms with van der Waals surface area (Å²) < 4.78 is 0. The highest BCUT2D eigenvalue weighted by Gasteiger charge is 2.04. The topological polar surface area (TPSA) is 29.1 Å². The molecule has 102 valence electrons. The van der Waals surface area contributed by atoms with E-state index in [0.717, 1.165) is 5.56 Å². The average Bonchev–Trinajstić information content (AvgIpc) is 2.41. The normalized spacial score (nSPS) is 10.8. The number of hydrogen-bond donors (Lipinski definition) is 1. The monoisotopic (exact) mass is 325 g/mol. The average molecular weight is 327 g/mol. The van der Waals surface area contributed by atoms with Gasteiger partial charge in [-0.1, -0.05) is 46.9 Å². The van der Waals surface area contributed by atoms with Gasteiger partial charge in [0.15, 0.2) is 0 Å². The van der Waals surface area contributed by atoms with Crippen LogP contribution in [0.3, 0.4) is 0 Å². The van der Waals surface area contributed by atoms with Crippen LogP contribution >= 0.6 is 34.8 Å². The molecule has 20 heavy (non-hydrogen) atoms. The van der Waals surface area contributed by atoms with Gasteiger partial charge in [-0.05, 0) is 42.0 Å². The molecule has 0 aliphatic heterocycles. The van der Waals surface area contributed by atoms with Crippen molar-refractivity contribution < 1.29 is 4.79 Å². The molecule has 2 aromatic carbocycles. The summed E-state index contributed by atoms with van der Waals surface area (Å²) in [5.74, 6) is -0.297. The van der Waals surface area contributed by atoms with E-state index in [-0.39, 0.29) is 5.91 Å². The van der Waals surface area contributed by atoms with E-state index in [2.05, 4.69) is 5.32 Å². The number of carbonyl (C=O) groups is 1. The lowest BCUT2D eigenvalue weighted by atomic mass is 10.2. The molecule has 5 heteroatoms. The van der Waals surface area contributed by atoms with Crippen LogP contribution in [-0.4, -0.2) is 5.91 Å². The van der Waals surface area contributed by atoms with Crippen LogP contribution in [0.2, 0.25) is 15.1 Å². The van der Waals surface area contributed by atoms with Gasteiger partial charge in [0.1, 0.15) is 0 Å². The summed E-state index contributed by atoms with van der Waals surface area (Å²) in [6.45, 7) is 0. The van der Waals surface area contributed by atoms with Gasteiger partial charge < -0.3 is 5.32 Å². The molecule has 0 atom stereocenters. The molecule has 0 saturated carbocycles. The molecule has 0 saturated heterocycles. The predicted octanol–water partition coefficient (Wildman–Crippen LogP) is 5.30. The van der Waals surface area contributed by atoms with Gasteiger partial charge in [0.05, 0.1) is 10.7 Å². The van der Waals surface area contributed by atoms with E-state index >= 15 is 0 Å². The third-order valence-corrected chi connectivity index (χ3v) is 3.26. The summed E-state index contributed by atoms with van der Waals surface area (Å²) in [5, 5.41) is 4.21. The van der Waals surface area contributed by atoms with Crippen molar-refractivity contribution in [2.45, 2.75) is 0 Å². The lowest BCUT2D eigenvalue weighted by molar-refractivity contribution is -0.111. The van der Waals surface area contributed by atoms with Crippen molar-refractivity contribution in [3.8, 4) is 0 Å². The van der Waals surface area contributed by atoms with Crippen molar-refractivity contribution in [3.05, 3.63) is 69.2 Å². The number of anilines is 1. The minimum atomic E-state index is -0.297. The molecule has 0 unspecified atom stereocenters. The second-order valence-corrected chi connectivity index (χ2v) is 5.28. The number of rotatable bonds is 3. The van der Waals surface area contributed by atoms with Crippen molar-refractivity contribution in [2.75, 3.05) is 5.32 Å². The number of nitrogens with one attached hydrogen (secondary N) is 1. The number of amides is 1. The van der Waals surface area contributed by atoms with Gasteiger partial charge in [0, 0.05) is 16.1 Å². The van der Waals surface area contributed by atoms with Gasteiger partial charge >= 0.3 is 0 Å². The first-order valence-corrected chi connectivity index (χ1v) is 6.88. The molecule has 0 aliphatic carbocycles. The highest BCUT2D eigenvalue weighted by Crippen LogP contribution is 2.25. The van der Waals surface area contributed by atoms with E-state index in [9.17, 15) is 4.79 Å². The van der Waals surface area contributed by atoms with Crippen LogP contribution in [0, 0.1) is 0 Å². The zero-order valence-corrected chi connectivity index (χ0v) is 12.5. The first-order chi connectivity index (χ1) is 9.54. The van der Waals surface area contributed by atoms with Crippen molar-refractivity contribution in [2.24, 2.45) is 0 Å². The molecular weight excluding hydrogens is 317 g/mol. The summed E-state index contributed by atoms with van der Waals surface area (Å²) in [6, 6.07) is 12.1. The Kier molecular flexibility index (Phi) is 5.07. The van der Waals surface area contributed by atoms with Gasteiger partial charge in [-0.2, -0.15) is 0 Å². The molecule has 0 bridgehead atoms. The van der Waals surface area contributed by atoms with Crippen LogP contribution in [0.1, 0.15) is 5.56 Å². The fraction of sp³-hybridized carbons (Fsp3) is 0. The zero-order chi connectivity index (χ0) is 14.5. The van der Waals surface area contributed by atoms with Gasteiger partial charge in [0.2, 0.25) is 5.91 Å². The van der Waals surface area contributed by atoms with E-state index < -0.39 is 0 Å². The third-order valence-electron chi connectivity index (χ3n) is 2.46. The van der Waals surface area contributed by atoms with Gasteiger partial charge in [0.25, 0.3) is 0 Å². The van der Waals surface area contributed by atoms with Crippen LogP contribution in [0.4, 0.5) is 5.69 Å². The molecule has 0 heterocycles. The summed E-state index contributed by atoms with van der Waals surface area (Å²) in [4.78, 5) is 11.8. The Morgan fingerprint density at radius 1 is 1.00 bits per heavy atom. The number of benzene rings is 2. The number of hydrogen-bond acceptors (Lipinski definition) is 1. The number of halogens is 3. The quantitative estimate of drug-likeness (QED) is 0.762.